The second-order valence-electron chi connectivity index (χ2n) is 3.65. The lowest BCUT2D eigenvalue weighted by Crippen LogP contribution is -2.41. The van der Waals surface area contributed by atoms with Crippen LogP contribution in [0.5, 0.6) is 0 Å². The fraction of sp³-hybridized carbons (Fsp3) is 0.900. The van der Waals surface area contributed by atoms with E-state index in [0.717, 1.165) is 32.5 Å². The smallest absolute Gasteiger partial charge is 0.404 e. The zero-order valence-electron chi connectivity index (χ0n) is 9.42. The zero-order chi connectivity index (χ0) is 11.0. The molecule has 0 bridgehead atoms. The summed E-state index contributed by atoms with van der Waals surface area (Å²) in [4.78, 5) is 12.7. The summed E-state index contributed by atoms with van der Waals surface area (Å²) in [6, 6.07) is 0.00519. The van der Waals surface area contributed by atoms with E-state index in [-0.39, 0.29) is 6.04 Å². The first-order chi connectivity index (χ1) is 6.60. The van der Waals surface area contributed by atoms with E-state index in [1.54, 1.807) is 0 Å². The Hall–Kier alpha value is -0.770. The first-order valence-corrected chi connectivity index (χ1v) is 5.31. The number of rotatable bonds is 7. The van der Waals surface area contributed by atoms with Gasteiger partial charge in [0.1, 0.15) is 0 Å². The molecule has 1 atom stereocenters. The van der Waals surface area contributed by atoms with Crippen molar-refractivity contribution in [2.24, 2.45) is 0 Å². The van der Waals surface area contributed by atoms with Crippen molar-refractivity contribution in [3.05, 3.63) is 0 Å². The Balaban J connectivity index is 3.81. The van der Waals surface area contributed by atoms with Crippen LogP contribution in [0.3, 0.4) is 0 Å². The van der Waals surface area contributed by atoms with Gasteiger partial charge < -0.3 is 15.3 Å². The fourth-order valence-corrected chi connectivity index (χ4v) is 1.57. The van der Waals surface area contributed by atoms with Crippen molar-refractivity contribution >= 4 is 6.09 Å². The lowest BCUT2D eigenvalue weighted by Gasteiger charge is -2.24. The van der Waals surface area contributed by atoms with Crippen LogP contribution in [-0.4, -0.2) is 41.8 Å². The standard InChI is InChI=1S/C10H22N2O2/c1-4-6-12(7-5-2)8-9(3)11-10(13)14/h9,11H,4-8H2,1-3H3,(H,13,14). The minimum atomic E-state index is -0.939. The predicted molar refractivity (Wildman–Crippen MR) is 57.6 cm³/mol. The van der Waals surface area contributed by atoms with Crippen LogP contribution in [0.25, 0.3) is 0 Å². The maximum Gasteiger partial charge on any atom is 0.404 e. The quantitative estimate of drug-likeness (QED) is 0.661. The molecule has 1 amide bonds. The van der Waals surface area contributed by atoms with Crippen molar-refractivity contribution < 1.29 is 9.90 Å². The third-order valence-corrected chi connectivity index (χ3v) is 1.98. The van der Waals surface area contributed by atoms with E-state index >= 15 is 0 Å². The van der Waals surface area contributed by atoms with E-state index in [4.69, 9.17) is 5.11 Å². The molecular weight excluding hydrogens is 180 g/mol. The average Bonchev–Trinajstić information content (AvgIpc) is 2.03. The summed E-state index contributed by atoms with van der Waals surface area (Å²) >= 11 is 0. The zero-order valence-corrected chi connectivity index (χ0v) is 9.42. The molecular formula is C10H22N2O2. The van der Waals surface area contributed by atoms with Crippen molar-refractivity contribution in [3.8, 4) is 0 Å². The first-order valence-electron chi connectivity index (χ1n) is 5.31. The second kappa shape index (κ2) is 7.62. The van der Waals surface area contributed by atoms with Gasteiger partial charge in [-0.3, -0.25) is 0 Å². The molecule has 84 valence electrons. The number of amides is 1. The summed E-state index contributed by atoms with van der Waals surface area (Å²) in [5.41, 5.74) is 0. The van der Waals surface area contributed by atoms with Gasteiger partial charge in [0, 0.05) is 12.6 Å². The summed E-state index contributed by atoms with van der Waals surface area (Å²) in [6.07, 6.45) is 1.28. The highest BCUT2D eigenvalue weighted by molar-refractivity contribution is 5.64. The number of hydrogen-bond acceptors (Lipinski definition) is 2. The van der Waals surface area contributed by atoms with Crippen LogP contribution in [0.15, 0.2) is 0 Å². The molecule has 0 aromatic rings. The maximum atomic E-state index is 10.4. The lowest BCUT2D eigenvalue weighted by atomic mass is 10.2. The Kier molecular flexibility index (Phi) is 7.20. The molecule has 0 saturated carbocycles. The topological polar surface area (TPSA) is 52.6 Å². The minimum absolute atomic E-state index is 0.00519. The largest absolute Gasteiger partial charge is 0.465 e. The van der Waals surface area contributed by atoms with Gasteiger partial charge in [0.15, 0.2) is 0 Å². The van der Waals surface area contributed by atoms with Crippen molar-refractivity contribution in [3.63, 3.8) is 0 Å². The van der Waals surface area contributed by atoms with Crippen LogP contribution < -0.4 is 5.32 Å². The Morgan fingerprint density at radius 2 is 1.86 bits per heavy atom. The lowest BCUT2D eigenvalue weighted by molar-refractivity contribution is 0.183. The highest BCUT2D eigenvalue weighted by atomic mass is 16.4. The highest BCUT2D eigenvalue weighted by Gasteiger charge is 2.10. The SMILES string of the molecule is CCCN(CCC)CC(C)NC(=O)O. The summed E-state index contributed by atoms with van der Waals surface area (Å²) in [5, 5.41) is 11.0. The van der Waals surface area contributed by atoms with E-state index in [1.807, 2.05) is 6.92 Å². The van der Waals surface area contributed by atoms with Gasteiger partial charge in [0.25, 0.3) is 0 Å². The molecule has 0 aliphatic rings. The number of carboxylic acid groups (broad SMARTS) is 1. The molecule has 0 aromatic heterocycles. The summed E-state index contributed by atoms with van der Waals surface area (Å²) < 4.78 is 0. The number of nitrogens with one attached hydrogen (secondary N) is 1. The summed E-state index contributed by atoms with van der Waals surface area (Å²) in [7, 11) is 0. The molecule has 1 unspecified atom stereocenters. The van der Waals surface area contributed by atoms with E-state index < -0.39 is 6.09 Å². The number of carbonyl (C=O) groups is 1. The number of hydrogen-bond donors (Lipinski definition) is 2. The maximum absolute atomic E-state index is 10.4. The van der Waals surface area contributed by atoms with Crippen LogP contribution >= 0.6 is 0 Å². The van der Waals surface area contributed by atoms with Crippen LogP contribution in [0.4, 0.5) is 4.79 Å². The normalized spacial score (nSPS) is 12.9. The Bertz CT molecular complexity index is 156. The minimum Gasteiger partial charge on any atom is -0.465 e. The van der Waals surface area contributed by atoms with E-state index in [9.17, 15) is 4.79 Å². The molecule has 14 heavy (non-hydrogen) atoms. The Labute approximate surface area is 86.3 Å². The van der Waals surface area contributed by atoms with Crippen LogP contribution in [0, 0.1) is 0 Å². The third-order valence-electron chi connectivity index (χ3n) is 1.98. The van der Waals surface area contributed by atoms with Gasteiger partial charge in [-0.15, -0.1) is 0 Å². The molecule has 0 aliphatic carbocycles. The molecule has 0 spiro atoms. The molecule has 0 radical (unpaired) electrons. The molecule has 0 fully saturated rings. The molecule has 0 saturated heterocycles. The number of nitrogens with zero attached hydrogens (tertiary/aromatic N) is 1. The van der Waals surface area contributed by atoms with Gasteiger partial charge in [-0.25, -0.2) is 4.79 Å². The molecule has 0 aliphatic heterocycles. The summed E-state index contributed by atoms with van der Waals surface area (Å²) in [5.74, 6) is 0. The Morgan fingerprint density at radius 3 is 2.21 bits per heavy atom. The van der Waals surface area contributed by atoms with Gasteiger partial charge in [0.05, 0.1) is 0 Å². The fourth-order valence-electron chi connectivity index (χ4n) is 1.57. The predicted octanol–water partition coefficient (Wildman–Crippen LogP) is 1.76. The van der Waals surface area contributed by atoms with Crippen molar-refractivity contribution in [1.29, 1.82) is 0 Å². The van der Waals surface area contributed by atoms with Gasteiger partial charge in [-0.2, -0.15) is 0 Å². The summed E-state index contributed by atoms with van der Waals surface area (Å²) in [6.45, 7) is 9.05. The van der Waals surface area contributed by atoms with Gasteiger partial charge in [0.2, 0.25) is 0 Å². The second-order valence-corrected chi connectivity index (χ2v) is 3.65. The average molecular weight is 202 g/mol. The van der Waals surface area contributed by atoms with E-state index in [0.29, 0.717) is 0 Å². The third kappa shape index (κ3) is 6.71. The van der Waals surface area contributed by atoms with Gasteiger partial charge in [-0.1, -0.05) is 13.8 Å². The molecule has 0 aromatic carbocycles. The van der Waals surface area contributed by atoms with Crippen molar-refractivity contribution in [2.75, 3.05) is 19.6 Å². The highest BCUT2D eigenvalue weighted by Crippen LogP contribution is 1.96. The van der Waals surface area contributed by atoms with Gasteiger partial charge in [-0.05, 0) is 32.9 Å². The molecule has 4 nitrogen and oxygen atoms in total. The van der Waals surface area contributed by atoms with Crippen LogP contribution in [0.2, 0.25) is 0 Å². The van der Waals surface area contributed by atoms with E-state index in [1.165, 1.54) is 0 Å². The molecule has 0 rings (SSSR count). The van der Waals surface area contributed by atoms with Crippen molar-refractivity contribution in [1.82, 2.24) is 10.2 Å². The monoisotopic (exact) mass is 202 g/mol. The molecule has 4 heteroatoms. The molecule has 2 N–H and O–H groups in total. The van der Waals surface area contributed by atoms with Crippen LogP contribution in [-0.2, 0) is 0 Å². The Morgan fingerprint density at radius 1 is 1.36 bits per heavy atom. The van der Waals surface area contributed by atoms with E-state index in [2.05, 4.69) is 24.1 Å². The molecule has 0 heterocycles. The first kappa shape index (κ1) is 13.2. The van der Waals surface area contributed by atoms with Crippen molar-refractivity contribution in [2.45, 2.75) is 39.7 Å². The van der Waals surface area contributed by atoms with Crippen LogP contribution in [0.1, 0.15) is 33.6 Å². The van der Waals surface area contributed by atoms with Gasteiger partial charge >= 0.3 is 6.09 Å².